The Morgan fingerprint density at radius 1 is 1.21 bits per heavy atom. The van der Waals surface area contributed by atoms with E-state index in [4.69, 9.17) is 9.84 Å². The van der Waals surface area contributed by atoms with Crippen LogP contribution in [0.2, 0.25) is 0 Å². The lowest BCUT2D eigenvalue weighted by molar-refractivity contribution is -0.139. The first-order valence-electron chi connectivity index (χ1n) is 7.63. The van der Waals surface area contributed by atoms with Gasteiger partial charge in [-0.3, -0.25) is 9.59 Å². The maximum atomic E-state index is 11.9. The molecular weight excluding hydrogens is 312 g/mol. The number of amides is 2. The molecule has 2 amide bonds. The molecular formula is C17H24N2O5. The van der Waals surface area contributed by atoms with Crippen LogP contribution in [0.5, 0.6) is 5.75 Å². The number of hydrogen-bond acceptors (Lipinski definition) is 4. The van der Waals surface area contributed by atoms with Gasteiger partial charge in [-0.25, -0.2) is 4.79 Å². The van der Waals surface area contributed by atoms with Gasteiger partial charge in [0.25, 0.3) is 0 Å². The molecule has 0 aromatic heterocycles. The quantitative estimate of drug-likeness (QED) is 0.706. The summed E-state index contributed by atoms with van der Waals surface area (Å²) in [5.74, 6) is -0.953. The van der Waals surface area contributed by atoms with Crippen LogP contribution in [0, 0.1) is 12.3 Å². The number of aryl methyl sites for hydroxylation is 1. The molecule has 0 spiro atoms. The van der Waals surface area contributed by atoms with Gasteiger partial charge in [-0.15, -0.1) is 0 Å². The molecule has 132 valence electrons. The molecule has 0 fully saturated rings. The van der Waals surface area contributed by atoms with E-state index < -0.39 is 18.0 Å². The largest absolute Gasteiger partial charge is 0.482 e. The Morgan fingerprint density at radius 2 is 1.88 bits per heavy atom. The van der Waals surface area contributed by atoms with Gasteiger partial charge >= 0.3 is 5.97 Å². The zero-order chi connectivity index (χ0) is 18.3. The van der Waals surface area contributed by atoms with Gasteiger partial charge < -0.3 is 20.5 Å². The fraction of sp³-hybridized carbons (Fsp3) is 0.471. The highest BCUT2D eigenvalue weighted by Crippen LogP contribution is 2.21. The summed E-state index contributed by atoms with van der Waals surface area (Å²) in [6.45, 7) is 7.04. The molecule has 7 nitrogen and oxygen atoms in total. The Kier molecular flexibility index (Phi) is 6.76. The number of carboxylic acid groups (broad SMARTS) is 1. The van der Waals surface area contributed by atoms with Crippen molar-refractivity contribution in [3.05, 3.63) is 23.8 Å². The third kappa shape index (κ3) is 6.68. The molecule has 3 N–H and O–H groups in total. The predicted molar refractivity (Wildman–Crippen MR) is 90.0 cm³/mol. The monoisotopic (exact) mass is 336 g/mol. The summed E-state index contributed by atoms with van der Waals surface area (Å²) in [6, 6.07) is 4.89. The van der Waals surface area contributed by atoms with Crippen LogP contribution in [-0.2, 0) is 14.4 Å². The molecule has 0 heterocycles. The smallest absolute Gasteiger partial charge is 0.341 e. The van der Waals surface area contributed by atoms with Crippen molar-refractivity contribution in [1.82, 2.24) is 5.32 Å². The van der Waals surface area contributed by atoms with Crippen LogP contribution in [-0.4, -0.2) is 36.0 Å². The number of benzene rings is 1. The highest BCUT2D eigenvalue weighted by Gasteiger charge is 2.20. The first-order chi connectivity index (χ1) is 11.1. The Labute approximate surface area is 141 Å². The average molecular weight is 336 g/mol. The lowest BCUT2D eigenvalue weighted by Crippen LogP contribution is -2.36. The van der Waals surface area contributed by atoms with E-state index in [2.05, 4.69) is 10.6 Å². The molecule has 0 bridgehead atoms. The van der Waals surface area contributed by atoms with Crippen molar-refractivity contribution in [3.8, 4) is 5.75 Å². The number of ether oxygens (including phenoxy) is 1. The van der Waals surface area contributed by atoms with Gasteiger partial charge in [0.15, 0.2) is 6.61 Å². The third-order valence-electron chi connectivity index (χ3n) is 3.15. The SMILES string of the molecule is Cc1cc(OCC(=O)O)ccc1NC(=O)CCNC(=O)C(C)(C)C. The summed E-state index contributed by atoms with van der Waals surface area (Å²) in [7, 11) is 0. The Balaban J connectivity index is 2.49. The molecule has 1 aromatic rings. The van der Waals surface area contributed by atoms with Crippen LogP contribution < -0.4 is 15.4 Å². The van der Waals surface area contributed by atoms with Crippen molar-refractivity contribution in [2.75, 3.05) is 18.5 Å². The summed E-state index contributed by atoms with van der Waals surface area (Å²) in [4.78, 5) is 34.1. The van der Waals surface area contributed by atoms with Crippen LogP contribution in [0.25, 0.3) is 0 Å². The summed E-state index contributed by atoms with van der Waals surface area (Å²) < 4.78 is 5.07. The van der Waals surface area contributed by atoms with E-state index in [9.17, 15) is 14.4 Å². The number of carbonyl (C=O) groups excluding carboxylic acids is 2. The van der Waals surface area contributed by atoms with E-state index in [0.29, 0.717) is 11.4 Å². The summed E-state index contributed by atoms with van der Waals surface area (Å²) in [6.07, 6.45) is 0.165. The topological polar surface area (TPSA) is 105 Å². The van der Waals surface area contributed by atoms with Crippen molar-refractivity contribution in [2.45, 2.75) is 34.1 Å². The number of anilines is 1. The van der Waals surface area contributed by atoms with Crippen LogP contribution in [0.3, 0.4) is 0 Å². The molecule has 0 atom stereocenters. The molecule has 0 saturated heterocycles. The molecule has 0 saturated carbocycles. The minimum Gasteiger partial charge on any atom is -0.482 e. The highest BCUT2D eigenvalue weighted by atomic mass is 16.5. The molecule has 7 heteroatoms. The normalized spacial score (nSPS) is 10.8. The van der Waals surface area contributed by atoms with Gasteiger partial charge in [0, 0.05) is 24.1 Å². The second-order valence-electron chi connectivity index (χ2n) is 6.46. The van der Waals surface area contributed by atoms with Crippen LogP contribution in [0.15, 0.2) is 18.2 Å². The van der Waals surface area contributed by atoms with E-state index >= 15 is 0 Å². The number of hydrogen-bond donors (Lipinski definition) is 3. The van der Waals surface area contributed by atoms with Crippen molar-refractivity contribution in [1.29, 1.82) is 0 Å². The van der Waals surface area contributed by atoms with Crippen LogP contribution in [0.4, 0.5) is 5.69 Å². The maximum absolute atomic E-state index is 11.9. The second kappa shape index (κ2) is 8.33. The van der Waals surface area contributed by atoms with Gasteiger partial charge in [-0.1, -0.05) is 20.8 Å². The molecule has 1 aromatic carbocycles. The molecule has 0 unspecified atom stereocenters. The van der Waals surface area contributed by atoms with Gasteiger partial charge in [-0.05, 0) is 30.7 Å². The lowest BCUT2D eigenvalue weighted by atomic mass is 9.96. The zero-order valence-electron chi connectivity index (χ0n) is 14.4. The number of rotatable bonds is 7. The Hall–Kier alpha value is -2.57. The maximum Gasteiger partial charge on any atom is 0.341 e. The van der Waals surface area contributed by atoms with Crippen molar-refractivity contribution < 1.29 is 24.2 Å². The Morgan fingerprint density at radius 3 is 2.42 bits per heavy atom. The van der Waals surface area contributed by atoms with Gasteiger partial charge in [0.05, 0.1) is 0 Å². The first kappa shape index (κ1) is 19.5. The zero-order valence-corrected chi connectivity index (χ0v) is 14.4. The highest BCUT2D eigenvalue weighted by molar-refractivity contribution is 5.92. The molecule has 0 aliphatic carbocycles. The summed E-state index contributed by atoms with van der Waals surface area (Å²) in [5, 5.41) is 14.0. The van der Waals surface area contributed by atoms with Gasteiger partial charge in [0.2, 0.25) is 11.8 Å². The van der Waals surface area contributed by atoms with E-state index in [1.165, 1.54) is 0 Å². The lowest BCUT2D eigenvalue weighted by Gasteiger charge is -2.17. The van der Waals surface area contributed by atoms with E-state index in [-0.39, 0.29) is 24.8 Å². The fourth-order valence-corrected chi connectivity index (χ4v) is 1.78. The minimum absolute atomic E-state index is 0.105. The summed E-state index contributed by atoms with van der Waals surface area (Å²) >= 11 is 0. The Bertz CT molecular complexity index is 620. The number of carboxylic acids is 1. The standard InChI is InChI=1S/C17H24N2O5/c1-11-9-12(24-10-15(21)22)5-6-13(11)19-14(20)7-8-18-16(23)17(2,3)4/h5-6,9H,7-8,10H2,1-4H3,(H,18,23)(H,19,20)(H,21,22). The van der Waals surface area contributed by atoms with E-state index in [1.54, 1.807) is 45.9 Å². The molecule has 0 aliphatic rings. The first-order valence-corrected chi connectivity index (χ1v) is 7.63. The summed E-state index contributed by atoms with van der Waals surface area (Å²) in [5.41, 5.74) is 0.883. The number of aliphatic carboxylic acids is 1. The van der Waals surface area contributed by atoms with E-state index in [0.717, 1.165) is 5.56 Å². The molecule has 1 rings (SSSR count). The average Bonchev–Trinajstić information content (AvgIpc) is 2.46. The molecule has 0 radical (unpaired) electrons. The third-order valence-corrected chi connectivity index (χ3v) is 3.15. The minimum atomic E-state index is -1.05. The van der Waals surface area contributed by atoms with Gasteiger partial charge in [0.1, 0.15) is 5.75 Å². The van der Waals surface area contributed by atoms with Crippen molar-refractivity contribution in [3.63, 3.8) is 0 Å². The molecule has 0 aliphatic heterocycles. The number of nitrogens with one attached hydrogen (secondary N) is 2. The van der Waals surface area contributed by atoms with Crippen LogP contribution in [0.1, 0.15) is 32.8 Å². The van der Waals surface area contributed by atoms with Crippen LogP contribution >= 0.6 is 0 Å². The van der Waals surface area contributed by atoms with E-state index in [1.807, 2.05) is 0 Å². The molecule has 24 heavy (non-hydrogen) atoms. The van der Waals surface area contributed by atoms with Crippen molar-refractivity contribution in [2.24, 2.45) is 5.41 Å². The van der Waals surface area contributed by atoms with Crippen molar-refractivity contribution >= 4 is 23.5 Å². The number of carbonyl (C=O) groups is 3. The fourth-order valence-electron chi connectivity index (χ4n) is 1.78. The predicted octanol–water partition coefficient (Wildman–Crippen LogP) is 1.95. The van der Waals surface area contributed by atoms with Gasteiger partial charge in [-0.2, -0.15) is 0 Å². The second-order valence-corrected chi connectivity index (χ2v) is 6.46.